The fourth-order valence-electron chi connectivity index (χ4n) is 1.15. The van der Waals surface area contributed by atoms with Crippen LogP contribution in [0.1, 0.15) is 11.7 Å². The summed E-state index contributed by atoms with van der Waals surface area (Å²) in [5.41, 5.74) is 1.07. The van der Waals surface area contributed by atoms with Gasteiger partial charge < -0.3 is 9.53 Å². The van der Waals surface area contributed by atoms with Gasteiger partial charge in [-0.2, -0.15) is 0 Å². The number of benzene rings is 1. The van der Waals surface area contributed by atoms with E-state index in [1.54, 1.807) is 0 Å². The Bertz CT molecular complexity index is 294. The fraction of sp³-hybridized carbons (Fsp3) is 0.222. The summed E-state index contributed by atoms with van der Waals surface area (Å²) in [5, 5.41) is 0. The molecule has 1 fully saturated rings. The Labute approximate surface area is 78.7 Å². The Balaban J connectivity index is 2.15. The standard InChI is InChI=1S/C9H7BrO2/c10-7-3-1-6(2-4-7)9-8(5-11)12-9/h1-5,8-9H/t8-,9-/m1/s1. The Kier molecular flexibility index (Phi) is 1.98. The van der Waals surface area contributed by atoms with Crippen LogP contribution in [0.15, 0.2) is 28.7 Å². The molecule has 0 radical (unpaired) electrons. The maximum Gasteiger partial charge on any atom is 0.151 e. The molecule has 12 heavy (non-hydrogen) atoms. The zero-order valence-corrected chi connectivity index (χ0v) is 7.82. The highest BCUT2D eigenvalue weighted by atomic mass is 79.9. The van der Waals surface area contributed by atoms with Crippen molar-refractivity contribution >= 4 is 22.2 Å². The van der Waals surface area contributed by atoms with Gasteiger partial charge in [0.25, 0.3) is 0 Å². The lowest BCUT2D eigenvalue weighted by Crippen LogP contribution is -1.88. The second kappa shape index (κ2) is 2.99. The average Bonchev–Trinajstić information content (AvgIpc) is 2.85. The zero-order chi connectivity index (χ0) is 8.55. The van der Waals surface area contributed by atoms with Crippen molar-refractivity contribution in [1.29, 1.82) is 0 Å². The zero-order valence-electron chi connectivity index (χ0n) is 6.24. The van der Waals surface area contributed by atoms with E-state index in [0.29, 0.717) is 0 Å². The third-order valence-corrected chi connectivity index (χ3v) is 2.39. The highest BCUT2D eigenvalue weighted by Gasteiger charge is 2.39. The van der Waals surface area contributed by atoms with Gasteiger partial charge in [-0.25, -0.2) is 0 Å². The van der Waals surface area contributed by atoms with E-state index >= 15 is 0 Å². The summed E-state index contributed by atoms with van der Waals surface area (Å²) >= 11 is 3.34. The SMILES string of the molecule is O=C[C@H]1O[C@@H]1c1ccc(Br)cc1. The van der Waals surface area contributed by atoms with Gasteiger partial charge in [-0.3, -0.25) is 0 Å². The molecule has 0 unspecified atom stereocenters. The normalized spacial score (nSPS) is 26.8. The lowest BCUT2D eigenvalue weighted by Gasteiger charge is -1.93. The first-order valence-electron chi connectivity index (χ1n) is 3.67. The van der Waals surface area contributed by atoms with E-state index in [4.69, 9.17) is 4.74 Å². The molecule has 1 aliphatic heterocycles. The molecule has 1 heterocycles. The van der Waals surface area contributed by atoms with E-state index in [9.17, 15) is 4.79 Å². The molecule has 2 atom stereocenters. The van der Waals surface area contributed by atoms with Gasteiger partial charge in [0, 0.05) is 4.47 Å². The molecular formula is C9H7BrO2. The van der Waals surface area contributed by atoms with E-state index in [0.717, 1.165) is 16.3 Å². The number of halogens is 1. The lowest BCUT2D eigenvalue weighted by atomic mass is 10.1. The van der Waals surface area contributed by atoms with Crippen molar-refractivity contribution in [3.05, 3.63) is 34.3 Å². The van der Waals surface area contributed by atoms with Crippen molar-refractivity contribution in [1.82, 2.24) is 0 Å². The van der Waals surface area contributed by atoms with Crippen LogP contribution in [0.2, 0.25) is 0 Å². The Morgan fingerprint density at radius 2 is 2.00 bits per heavy atom. The molecule has 0 bridgehead atoms. The summed E-state index contributed by atoms with van der Waals surface area (Å²) in [7, 11) is 0. The molecule has 1 aromatic rings. The summed E-state index contributed by atoms with van der Waals surface area (Å²) in [6, 6.07) is 7.80. The first kappa shape index (κ1) is 7.95. The Hall–Kier alpha value is -0.670. The minimum Gasteiger partial charge on any atom is -0.357 e. The molecule has 62 valence electrons. The van der Waals surface area contributed by atoms with Crippen LogP contribution in [0.4, 0.5) is 0 Å². The van der Waals surface area contributed by atoms with Crippen LogP contribution < -0.4 is 0 Å². The van der Waals surface area contributed by atoms with Crippen LogP contribution in [-0.2, 0) is 9.53 Å². The highest BCUT2D eigenvalue weighted by molar-refractivity contribution is 9.10. The van der Waals surface area contributed by atoms with Crippen molar-refractivity contribution in [2.24, 2.45) is 0 Å². The van der Waals surface area contributed by atoms with Crippen molar-refractivity contribution < 1.29 is 9.53 Å². The van der Waals surface area contributed by atoms with Gasteiger partial charge in [-0.15, -0.1) is 0 Å². The van der Waals surface area contributed by atoms with E-state index in [1.165, 1.54) is 0 Å². The topological polar surface area (TPSA) is 29.6 Å². The van der Waals surface area contributed by atoms with Crippen LogP contribution in [0.5, 0.6) is 0 Å². The van der Waals surface area contributed by atoms with Gasteiger partial charge in [-0.1, -0.05) is 28.1 Å². The quantitative estimate of drug-likeness (QED) is 0.571. The minimum atomic E-state index is -0.217. The van der Waals surface area contributed by atoms with Crippen LogP contribution in [-0.4, -0.2) is 12.4 Å². The number of carbonyl (C=O) groups excluding carboxylic acids is 1. The summed E-state index contributed by atoms with van der Waals surface area (Å²) in [6.45, 7) is 0. The number of hydrogen-bond donors (Lipinski definition) is 0. The number of ether oxygens (including phenoxy) is 1. The van der Waals surface area contributed by atoms with E-state index < -0.39 is 0 Å². The molecule has 0 aromatic heterocycles. The summed E-state index contributed by atoms with van der Waals surface area (Å²) in [4.78, 5) is 10.3. The van der Waals surface area contributed by atoms with Gasteiger partial charge in [-0.05, 0) is 17.7 Å². The summed E-state index contributed by atoms with van der Waals surface area (Å²) in [5.74, 6) is 0. The molecule has 1 aromatic carbocycles. The summed E-state index contributed by atoms with van der Waals surface area (Å²) in [6.07, 6.45) is 0.619. The van der Waals surface area contributed by atoms with Crippen molar-refractivity contribution in [2.75, 3.05) is 0 Å². The minimum absolute atomic E-state index is 0.00407. The molecule has 1 aliphatic rings. The van der Waals surface area contributed by atoms with Crippen molar-refractivity contribution in [3.8, 4) is 0 Å². The Morgan fingerprint density at radius 3 is 2.50 bits per heavy atom. The van der Waals surface area contributed by atoms with Crippen LogP contribution in [0.25, 0.3) is 0 Å². The first-order valence-corrected chi connectivity index (χ1v) is 4.47. The maximum atomic E-state index is 10.3. The Morgan fingerprint density at radius 1 is 1.33 bits per heavy atom. The molecule has 1 saturated heterocycles. The van der Waals surface area contributed by atoms with Gasteiger partial charge >= 0.3 is 0 Å². The number of rotatable bonds is 2. The molecule has 0 saturated carbocycles. The molecule has 0 N–H and O–H groups in total. The molecule has 3 heteroatoms. The van der Waals surface area contributed by atoms with Crippen molar-refractivity contribution in [3.63, 3.8) is 0 Å². The molecule has 2 rings (SSSR count). The summed E-state index contributed by atoms with van der Waals surface area (Å²) < 4.78 is 6.15. The third-order valence-electron chi connectivity index (χ3n) is 1.86. The molecule has 0 amide bonds. The van der Waals surface area contributed by atoms with E-state index in [1.807, 2.05) is 24.3 Å². The molecule has 0 aliphatic carbocycles. The first-order chi connectivity index (χ1) is 5.81. The number of carbonyl (C=O) groups is 1. The smallest absolute Gasteiger partial charge is 0.151 e. The molecule has 2 nitrogen and oxygen atoms in total. The molecule has 0 spiro atoms. The van der Waals surface area contributed by atoms with Gasteiger partial charge in [0.1, 0.15) is 12.2 Å². The molecular weight excluding hydrogens is 220 g/mol. The second-order valence-corrected chi connectivity index (χ2v) is 3.62. The van der Waals surface area contributed by atoms with Crippen LogP contribution in [0, 0.1) is 0 Å². The number of epoxide rings is 1. The predicted molar refractivity (Wildman–Crippen MR) is 47.8 cm³/mol. The van der Waals surface area contributed by atoms with E-state index in [-0.39, 0.29) is 12.2 Å². The van der Waals surface area contributed by atoms with Crippen LogP contribution >= 0.6 is 15.9 Å². The average molecular weight is 227 g/mol. The number of aldehydes is 1. The van der Waals surface area contributed by atoms with E-state index in [2.05, 4.69) is 15.9 Å². The maximum absolute atomic E-state index is 10.3. The van der Waals surface area contributed by atoms with Gasteiger partial charge in [0.05, 0.1) is 0 Å². The number of hydrogen-bond acceptors (Lipinski definition) is 2. The van der Waals surface area contributed by atoms with Crippen molar-refractivity contribution in [2.45, 2.75) is 12.2 Å². The highest BCUT2D eigenvalue weighted by Crippen LogP contribution is 2.37. The third kappa shape index (κ3) is 1.42. The van der Waals surface area contributed by atoms with Crippen LogP contribution in [0.3, 0.4) is 0 Å². The van der Waals surface area contributed by atoms with Gasteiger partial charge in [0.2, 0.25) is 0 Å². The fourth-order valence-corrected chi connectivity index (χ4v) is 1.41. The predicted octanol–water partition coefficient (Wildman–Crippen LogP) is 2.09. The largest absolute Gasteiger partial charge is 0.357 e. The lowest BCUT2D eigenvalue weighted by molar-refractivity contribution is -0.108. The van der Waals surface area contributed by atoms with Gasteiger partial charge in [0.15, 0.2) is 6.29 Å². The monoisotopic (exact) mass is 226 g/mol. The second-order valence-electron chi connectivity index (χ2n) is 2.71.